The molecule has 0 aliphatic carbocycles. The Morgan fingerprint density at radius 2 is 2.50 bits per heavy atom. The summed E-state index contributed by atoms with van der Waals surface area (Å²) < 4.78 is 0. The van der Waals surface area contributed by atoms with E-state index >= 15 is 0 Å². The maximum Gasteiger partial charge on any atom is 0.154 e. The third-order valence-electron chi connectivity index (χ3n) is 1.72. The lowest BCUT2D eigenvalue weighted by molar-refractivity contribution is 0.774. The van der Waals surface area contributed by atoms with Crippen LogP contribution in [0, 0.1) is 5.51 Å². The van der Waals surface area contributed by atoms with Gasteiger partial charge >= 0.3 is 0 Å². The molecule has 2 nitrogen and oxygen atoms in total. The number of nitrogens with zero attached hydrogens (tertiary/aromatic N) is 1. The minimum Gasteiger partial charge on any atom is -0.375 e. The van der Waals surface area contributed by atoms with Crippen LogP contribution in [0.4, 0.5) is 5.00 Å². The molecule has 1 aromatic heterocycles. The second kappa shape index (κ2) is 2.58. The molecule has 0 unspecified atom stereocenters. The van der Waals surface area contributed by atoms with Crippen LogP contribution in [-0.2, 0) is 6.42 Å². The second-order valence-corrected chi connectivity index (χ2v) is 3.26. The van der Waals surface area contributed by atoms with E-state index in [0.717, 1.165) is 13.0 Å². The summed E-state index contributed by atoms with van der Waals surface area (Å²) in [7, 11) is 0. The molecule has 1 aliphatic heterocycles. The first-order valence-corrected chi connectivity index (χ1v) is 4.38. The quantitative estimate of drug-likeness (QED) is 0.613. The Morgan fingerprint density at radius 1 is 1.50 bits per heavy atom. The van der Waals surface area contributed by atoms with Gasteiger partial charge in [-0.05, 0) is 19.3 Å². The zero-order chi connectivity index (χ0) is 6.81. The van der Waals surface area contributed by atoms with Crippen molar-refractivity contribution in [2.24, 2.45) is 0 Å². The lowest BCUT2D eigenvalue weighted by Gasteiger charge is -1.96. The van der Waals surface area contributed by atoms with E-state index in [1.165, 1.54) is 23.5 Å². The number of rotatable bonds is 0. The Bertz CT molecular complexity index is 199. The Morgan fingerprint density at radius 3 is 3.50 bits per heavy atom. The zero-order valence-corrected chi connectivity index (χ0v) is 6.50. The molecule has 0 fully saturated rings. The van der Waals surface area contributed by atoms with E-state index in [0.29, 0.717) is 0 Å². The van der Waals surface area contributed by atoms with Gasteiger partial charge in [0.05, 0.1) is 5.69 Å². The SMILES string of the molecule is [c]1nc2c(s1)NCCCC2. The normalized spacial score (nSPS) is 17.2. The van der Waals surface area contributed by atoms with Gasteiger partial charge in [-0.2, -0.15) is 0 Å². The van der Waals surface area contributed by atoms with E-state index in [1.807, 2.05) is 0 Å². The van der Waals surface area contributed by atoms with Gasteiger partial charge < -0.3 is 5.32 Å². The van der Waals surface area contributed by atoms with E-state index in [2.05, 4.69) is 15.8 Å². The van der Waals surface area contributed by atoms with Crippen molar-refractivity contribution in [3.05, 3.63) is 11.2 Å². The molecule has 53 valence electrons. The van der Waals surface area contributed by atoms with Gasteiger partial charge in [0.2, 0.25) is 0 Å². The van der Waals surface area contributed by atoms with Crippen LogP contribution < -0.4 is 5.32 Å². The van der Waals surface area contributed by atoms with Crippen LogP contribution >= 0.6 is 11.3 Å². The molecule has 0 atom stereocenters. The number of aryl methyl sites for hydroxylation is 1. The van der Waals surface area contributed by atoms with Crippen molar-refractivity contribution >= 4 is 16.3 Å². The van der Waals surface area contributed by atoms with E-state index in [-0.39, 0.29) is 0 Å². The van der Waals surface area contributed by atoms with Crippen LogP contribution in [0.25, 0.3) is 0 Å². The smallest absolute Gasteiger partial charge is 0.154 e. The van der Waals surface area contributed by atoms with E-state index in [4.69, 9.17) is 0 Å². The minimum absolute atomic E-state index is 1.10. The predicted molar refractivity (Wildman–Crippen MR) is 42.4 cm³/mol. The maximum atomic E-state index is 4.15. The number of nitrogens with one attached hydrogen (secondary N) is 1. The van der Waals surface area contributed by atoms with E-state index in [9.17, 15) is 0 Å². The van der Waals surface area contributed by atoms with Gasteiger partial charge in [0.15, 0.2) is 5.51 Å². The number of thiazole rings is 1. The predicted octanol–water partition coefficient (Wildman–Crippen LogP) is 1.69. The summed E-state index contributed by atoms with van der Waals surface area (Å²) in [5.41, 5.74) is 4.11. The number of hydrogen-bond acceptors (Lipinski definition) is 3. The van der Waals surface area contributed by atoms with Gasteiger partial charge in [0, 0.05) is 6.54 Å². The van der Waals surface area contributed by atoms with Crippen molar-refractivity contribution in [2.75, 3.05) is 11.9 Å². The van der Waals surface area contributed by atoms with Crippen molar-refractivity contribution in [3.8, 4) is 0 Å². The third-order valence-corrected chi connectivity index (χ3v) is 2.48. The number of fused-ring (bicyclic) bond motifs is 1. The molecule has 2 heterocycles. The Hall–Kier alpha value is -0.570. The van der Waals surface area contributed by atoms with E-state index in [1.54, 1.807) is 11.3 Å². The van der Waals surface area contributed by atoms with Crippen LogP contribution in [0.3, 0.4) is 0 Å². The molecule has 3 heteroatoms. The highest BCUT2D eigenvalue weighted by atomic mass is 32.1. The molecule has 1 N–H and O–H groups in total. The third kappa shape index (κ3) is 1.01. The van der Waals surface area contributed by atoms with Gasteiger partial charge in [-0.1, -0.05) is 11.3 Å². The maximum absolute atomic E-state index is 4.15. The molecular weight excluding hydrogens is 144 g/mol. The molecule has 0 saturated carbocycles. The van der Waals surface area contributed by atoms with Gasteiger partial charge in [-0.25, -0.2) is 4.98 Å². The summed E-state index contributed by atoms with van der Waals surface area (Å²) in [5.74, 6) is 0. The highest BCUT2D eigenvalue weighted by Crippen LogP contribution is 2.23. The lowest BCUT2D eigenvalue weighted by Crippen LogP contribution is -1.96. The van der Waals surface area contributed by atoms with Gasteiger partial charge in [-0.15, -0.1) is 0 Å². The molecule has 10 heavy (non-hydrogen) atoms. The average Bonchev–Trinajstić information content (AvgIpc) is 2.28. The van der Waals surface area contributed by atoms with Crippen LogP contribution in [0.5, 0.6) is 0 Å². The topological polar surface area (TPSA) is 24.9 Å². The Balaban J connectivity index is 2.28. The van der Waals surface area contributed by atoms with Crippen molar-refractivity contribution in [1.29, 1.82) is 0 Å². The first-order valence-electron chi connectivity index (χ1n) is 3.56. The summed E-state index contributed by atoms with van der Waals surface area (Å²) in [6.45, 7) is 1.10. The standard InChI is InChI=1S/C7H9N2S/c1-2-4-8-7-6(3-1)9-5-10-7/h8H,1-4H2. The van der Waals surface area contributed by atoms with Crippen molar-refractivity contribution in [2.45, 2.75) is 19.3 Å². The van der Waals surface area contributed by atoms with Crippen molar-refractivity contribution in [3.63, 3.8) is 0 Å². The Labute approximate surface area is 64.3 Å². The molecule has 2 rings (SSSR count). The highest BCUT2D eigenvalue weighted by Gasteiger charge is 2.08. The fourth-order valence-electron chi connectivity index (χ4n) is 1.16. The molecule has 1 aromatic rings. The average molecular weight is 153 g/mol. The number of aromatic nitrogens is 1. The Kier molecular flexibility index (Phi) is 1.59. The van der Waals surface area contributed by atoms with E-state index < -0.39 is 0 Å². The van der Waals surface area contributed by atoms with Gasteiger partial charge in [0.1, 0.15) is 5.00 Å². The first-order chi connectivity index (χ1) is 4.97. The molecule has 0 saturated heterocycles. The molecule has 0 aromatic carbocycles. The first kappa shape index (κ1) is 6.16. The molecule has 1 radical (unpaired) electrons. The molecule has 0 amide bonds. The minimum atomic E-state index is 1.10. The second-order valence-electron chi connectivity index (χ2n) is 2.46. The van der Waals surface area contributed by atoms with Crippen molar-refractivity contribution in [1.82, 2.24) is 4.98 Å². The van der Waals surface area contributed by atoms with Gasteiger partial charge in [0.25, 0.3) is 0 Å². The monoisotopic (exact) mass is 153 g/mol. The molecule has 0 spiro atoms. The molecular formula is C7H9N2S. The molecule has 1 aliphatic rings. The van der Waals surface area contributed by atoms with Gasteiger partial charge in [-0.3, -0.25) is 0 Å². The number of anilines is 1. The van der Waals surface area contributed by atoms with Crippen LogP contribution in [-0.4, -0.2) is 11.5 Å². The summed E-state index contributed by atoms with van der Waals surface area (Å²) >= 11 is 1.59. The fraction of sp³-hybridized carbons (Fsp3) is 0.571. The van der Waals surface area contributed by atoms with Crippen molar-refractivity contribution < 1.29 is 0 Å². The van der Waals surface area contributed by atoms with Crippen LogP contribution in [0.15, 0.2) is 0 Å². The molecule has 0 bridgehead atoms. The summed E-state index contributed by atoms with van der Waals surface area (Å²) in [6.07, 6.45) is 3.66. The fourth-order valence-corrected chi connectivity index (χ4v) is 1.85. The number of hydrogen-bond donors (Lipinski definition) is 1. The summed E-state index contributed by atoms with van der Waals surface area (Å²) in [5, 5.41) is 4.56. The largest absolute Gasteiger partial charge is 0.375 e. The van der Waals surface area contributed by atoms with Crippen LogP contribution in [0.2, 0.25) is 0 Å². The summed E-state index contributed by atoms with van der Waals surface area (Å²) in [4.78, 5) is 4.15. The zero-order valence-electron chi connectivity index (χ0n) is 5.68. The summed E-state index contributed by atoms with van der Waals surface area (Å²) in [6, 6.07) is 0. The lowest BCUT2D eigenvalue weighted by atomic mass is 10.2. The highest BCUT2D eigenvalue weighted by molar-refractivity contribution is 7.13. The van der Waals surface area contributed by atoms with Crippen LogP contribution in [0.1, 0.15) is 18.5 Å².